The number of sulfonamides is 1. The fourth-order valence-electron chi connectivity index (χ4n) is 4.02. The van der Waals surface area contributed by atoms with Crippen molar-refractivity contribution in [1.82, 2.24) is 10.2 Å². The maximum atomic E-state index is 14.0. The van der Waals surface area contributed by atoms with Gasteiger partial charge in [0.1, 0.15) is 12.6 Å². The number of rotatable bonds is 11. The summed E-state index contributed by atoms with van der Waals surface area (Å²) in [4.78, 5) is 29.0. The van der Waals surface area contributed by atoms with Crippen LogP contribution in [0.15, 0.2) is 77.3 Å². The van der Waals surface area contributed by atoms with Gasteiger partial charge in [-0.2, -0.15) is 0 Å². The van der Waals surface area contributed by atoms with Crippen LogP contribution in [0.3, 0.4) is 0 Å². The smallest absolute Gasteiger partial charge is 0.244 e. The number of hydrogen-bond donors (Lipinski definition) is 1. The molecule has 0 aliphatic rings. The van der Waals surface area contributed by atoms with Crippen LogP contribution in [0.5, 0.6) is 0 Å². The number of carbonyl (C=O) groups excluding carboxylic acids is 2. The Balaban J connectivity index is 2.07. The number of nitrogens with zero attached hydrogens (tertiary/aromatic N) is 2. The molecule has 208 valence electrons. The third-order valence-electron chi connectivity index (χ3n) is 5.81. The summed E-state index contributed by atoms with van der Waals surface area (Å²) >= 11 is 15.6. The Morgan fingerprint density at radius 3 is 2.18 bits per heavy atom. The molecule has 7 nitrogen and oxygen atoms in total. The van der Waals surface area contributed by atoms with Crippen molar-refractivity contribution in [3.8, 4) is 0 Å². The quantitative estimate of drug-likeness (QED) is 0.288. The van der Waals surface area contributed by atoms with Crippen LogP contribution < -0.4 is 9.62 Å². The third kappa shape index (κ3) is 8.96. The summed E-state index contributed by atoms with van der Waals surface area (Å²) in [6.07, 6.45) is 1.25. The summed E-state index contributed by atoms with van der Waals surface area (Å²) in [6.45, 7) is 3.23. The number of halogens is 3. The lowest BCUT2D eigenvalue weighted by atomic mass is 10.0. The molecule has 3 rings (SSSR count). The summed E-state index contributed by atoms with van der Waals surface area (Å²) in [6, 6.07) is 20.0. The van der Waals surface area contributed by atoms with E-state index in [-0.39, 0.29) is 40.6 Å². The minimum Gasteiger partial charge on any atom is -0.352 e. The van der Waals surface area contributed by atoms with Crippen molar-refractivity contribution >= 4 is 66.7 Å². The van der Waals surface area contributed by atoms with E-state index in [1.54, 1.807) is 0 Å². The van der Waals surface area contributed by atoms with E-state index in [1.165, 1.54) is 23.1 Å². The van der Waals surface area contributed by atoms with Crippen LogP contribution >= 0.6 is 39.1 Å². The van der Waals surface area contributed by atoms with Gasteiger partial charge in [0.15, 0.2) is 0 Å². The van der Waals surface area contributed by atoms with Gasteiger partial charge >= 0.3 is 0 Å². The van der Waals surface area contributed by atoms with E-state index >= 15 is 0 Å². The molecule has 0 aromatic heterocycles. The van der Waals surface area contributed by atoms with E-state index in [9.17, 15) is 18.0 Å². The molecule has 11 heteroatoms. The first-order valence-electron chi connectivity index (χ1n) is 12.2. The highest BCUT2D eigenvalue weighted by molar-refractivity contribution is 9.10. The molecule has 0 unspecified atom stereocenters. The van der Waals surface area contributed by atoms with Gasteiger partial charge in [0.2, 0.25) is 21.8 Å². The fraction of sp³-hybridized carbons (Fsp3) is 0.286. The van der Waals surface area contributed by atoms with E-state index in [2.05, 4.69) is 21.2 Å². The van der Waals surface area contributed by atoms with Gasteiger partial charge in [-0.1, -0.05) is 81.6 Å². The fourth-order valence-corrected chi connectivity index (χ4v) is 5.60. The molecule has 0 fully saturated rings. The van der Waals surface area contributed by atoms with Gasteiger partial charge in [-0.15, -0.1) is 0 Å². The van der Waals surface area contributed by atoms with Crippen LogP contribution in [0.2, 0.25) is 10.0 Å². The standard InChI is InChI=1S/C28H30BrCl2N3O4S/c1-19(2)32-28(36)26(15-20-8-5-4-6-9-20)33(17-21-10-7-11-22(29)14-21)27(35)18-34(39(3,37)38)23-12-13-24(30)25(31)16-23/h4-14,16,19,26H,15,17-18H2,1-3H3,(H,32,36)/t26-/m0/s1. The first-order chi connectivity index (χ1) is 18.3. The van der Waals surface area contributed by atoms with Crippen LogP contribution in [-0.2, 0) is 32.6 Å². The maximum absolute atomic E-state index is 14.0. The molecule has 39 heavy (non-hydrogen) atoms. The minimum atomic E-state index is -3.90. The normalized spacial score (nSPS) is 12.2. The van der Waals surface area contributed by atoms with Crippen molar-refractivity contribution in [3.63, 3.8) is 0 Å². The first kappa shape index (κ1) is 30.9. The minimum absolute atomic E-state index is 0.0836. The SMILES string of the molecule is CC(C)NC(=O)[C@H](Cc1ccccc1)N(Cc1cccc(Br)c1)C(=O)CN(c1ccc(Cl)c(Cl)c1)S(C)(=O)=O. The van der Waals surface area contributed by atoms with Crippen molar-refractivity contribution < 1.29 is 18.0 Å². The Kier molecular flexibility index (Phi) is 10.8. The molecular formula is C28H30BrCl2N3O4S. The van der Waals surface area contributed by atoms with Crippen LogP contribution in [0.4, 0.5) is 5.69 Å². The lowest BCUT2D eigenvalue weighted by Crippen LogP contribution is -2.54. The number of amides is 2. The lowest BCUT2D eigenvalue weighted by molar-refractivity contribution is -0.140. The highest BCUT2D eigenvalue weighted by Gasteiger charge is 2.33. The predicted molar refractivity (Wildman–Crippen MR) is 161 cm³/mol. The molecule has 0 aliphatic heterocycles. The maximum Gasteiger partial charge on any atom is 0.244 e. The molecule has 0 spiro atoms. The third-order valence-corrected chi connectivity index (χ3v) is 8.19. The van der Waals surface area contributed by atoms with E-state index in [0.29, 0.717) is 0 Å². The van der Waals surface area contributed by atoms with Crippen molar-refractivity contribution in [2.75, 3.05) is 17.1 Å². The van der Waals surface area contributed by atoms with Crippen molar-refractivity contribution in [3.05, 3.63) is 98.4 Å². The lowest BCUT2D eigenvalue weighted by Gasteiger charge is -2.34. The molecule has 1 atom stereocenters. The molecule has 0 saturated heterocycles. The van der Waals surface area contributed by atoms with Crippen LogP contribution in [0.25, 0.3) is 0 Å². The average Bonchev–Trinajstić information content (AvgIpc) is 2.86. The van der Waals surface area contributed by atoms with Gasteiger partial charge in [0.25, 0.3) is 0 Å². The zero-order valence-corrected chi connectivity index (χ0v) is 25.7. The zero-order chi connectivity index (χ0) is 28.7. The van der Waals surface area contributed by atoms with E-state index < -0.39 is 28.5 Å². The molecule has 0 aliphatic carbocycles. The van der Waals surface area contributed by atoms with Crippen molar-refractivity contribution in [2.45, 2.75) is 38.9 Å². The molecule has 1 N–H and O–H groups in total. The number of carbonyl (C=O) groups is 2. The topological polar surface area (TPSA) is 86.8 Å². The largest absolute Gasteiger partial charge is 0.352 e. The second-order valence-corrected chi connectivity index (χ2v) is 13.0. The van der Waals surface area contributed by atoms with E-state index in [1.807, 2.05) is 68.4 Å². The Hall–Kier alpha value is -2.59. The number of hydrogen-bond acceptors (Lipinski definition) is 4. The predicted octanol–water partition coefficient (Wildman–Crippen LogP) is 5.69. The van der Waals surface area contributed by atoms with Gasteiger partial charge in [-0.25, -0.2) is 8.42 Å². The van der Waals surface area contributed by atoms with Crippen LogP contribution in [0.1, 0.15) is 25.0 Å². The number of nitrogens with one attached hydrogen (secondary N) is 1. The van der Waals surface area contributed by atoms with Gasteiger partial charge < -0.3 is 10.2 Å². The second kappa shape index (κ2) is 13.7. The summed E-state index contributed by atoms with van der Waals surface area (Å²) < 4.78 is 27.4. The Labute approximate surface area is 248 Å². The summed E-state index contributed by atoms with van der Waals surface area (Å²) in [5, 5.41) is 3.33. The summed E-state index contributed by atoms with van der Waals surface area (Å²) in [7, 11) is -3.90. The average molecular weight is 655 g/mol. The van der Waals surface area contributed by atoms with Crippen LogP contribution in [-0.4, -0.2) is 50.0 Å². The zero-order valence-electron chi connectivity index (χ0n) is 21.8. The monoisotopic (exact) mass is 653 g/mol. The molecular weight excluding hydrogens is 625 g/mol. The molecule has 3 aromatic carbocycles. The summed E-state index contributed by atoms with van der Waals surface area (Å²) in [5.41, 5.74) is 1.82. The Bertz CT molecular complexity index is 1420. The van der Waals surface area contributed by atoms with Gasteiger partial charge in [0.05, 0.1) is 22.0 Å². The Morgan fingerprint density at radius 1 is 0.923 bits per heavy atom. The molecule has 3 aromatic rings. The molecule has 2 amide bonds. The highest BCUT2D eigenvalue weighted by atomic mass is 79.9. The summed E-state index contributed by atoms with van der Waals surface area (Å²) in [5.74, 6) is -0.885. The Morgan fingerprint density at radius 2 is 1.59 bits per heavy atom. The van der Waals surface area contributed by atoms with Gasteiger partial charge in [-0.3, -0.25) is 13.9 Å². The molecule has 0 heterocycles. The molecule has 0 saturated carbocycles. The number of anilines is 1. The van der Waals surface area contributed by atoms with Crippen molar-refractivity contribution in [2.24, 2.45) is 0 Å². The number of benzene rings is 3. The van der Waals surface area contributed by atoms with Gasteiger partial charge in [0, 0.05) is 23.5 Å². The molecule has 0 radical (unpaired) electrons. The van der Waals surface area contributed by atoms with E-state index in [0.717, 1.165) is 26.2 Å². The van der Waals surface area contributed by atoms with Crippen molar-refractivity contribution in [1.29, 1.82) is 0 Å². The van der Waals surface area contributed by atoms with E-state index in [4.69, 9.17) is 23.2 Å². The second-order valence-electron chi connectivity index (χ2n) is 9.39. The highest BCUT2D eigenvalue weighted by Crippen LogP contribution is 2.29. The molecule has 0 bridgehead atoms. The van der Waals surface area contributed by atoms with Crippen LogP contribution in [0, 0.1) is 0 Å². The van der Waals surface area contributed by atoms with Gasteiger partial charge in [-0.05, 0) is 55.3 Å². The first-order valence-corrected chi connectivity index (χ1v) is 15.6.